The first kappa shape index (κ1) is 16.1. The summed E-state index contributed by atoms with van der Waals surface area (Å²) in [6.07, 6.45) is 3.34. The molecule has 1 aromatic heterocycles. The molecular formula is C17H21N3O2S. The summed E-state index contributed by atoms with van der Waals surface area (Å²) in [7, 11) is 1.71. The predicted octanol–water partition coefficient (Wildman–Crippen LogP) is 2.43. The highest BCUT2D eigenvalue weighted by molar-refractivity contribution is 7.99. The van der Waals surface area contributed by atoms with Gasteiger partial charge in [-0.25, -0.2) is 4.98 Å². The van der Waals surface area contributed by atoms with Crippen molar-refractivity contribution in [3.05, 3.63) is 34.6 Å². The van der Waals surface area contributed by atoms with Crippen LogP contribution in [0.1, 0.15) is 26.2 Å². The van der Waals surface area contributed by atoms with Gasteiger partial charge in [0.05, 0.1) is 16.7 Å². The molecule has 1 fully saturated rings. The van der Waals surface area contributed by atoms with Gasteiger partial charge in [-0.2, -0.15) is 0 Å². The fourth-order valence-electron chi connectivity index (χ4n) is 3.00. The van der Waals surface area contributed by atoms with Crippen LogP contribution in [0.2, 0.25) is 0 Å². The maximum absolute atomic E-state index is 12.4. The number of thioether (sulfide) groups is 1. The second kappa shape index (κ2) is 6.74. The highest BCUT2D eigenvalue weighted by Crippen LogP contribution is 2.21. The summed E-state index contributed by atoms with van der Waals surface area (Å²) in [4.78, 5) is 31.3. The topological polar surface area (TPSA) is 55.2 Å². The number of nitrogens with zero attached hydrogens (tertiary/aromatic N) is 3. The van der Waals surface area contributed by atoms with E-state index in [2.05, 4.69) is 11.9 Å². The maximum Gasteiger partial charge on any atom is 0.261 e. The molecule has 2 heterocycles. The van der Waals surface area contributed by atoms with E-state index in [1.165, 1.54) is 22.7 Å². The summed E-state index contributed by atoms with van der Waals surface area (Å²) in [5, 5.41) is 1.20. The van der Waals surface area contributed by atoms with Crippen LogP contribution in [0, 0.1) is 0 Å². The van der Waals surface area contributed by atoms with Crippen LogP contribution in [0.3, 0.4) is 0 Å². The van der Waals surface area contributed by atoms with E-state index in [1.807, 2.05) is 23.1 Å². The largest absolute Gasteiger partial charge is 0.339 e. The Kier molecular flexibility index (Phi) is 4.71. The fourth-order valence-corrected chi connectivity index (χ4v) is 3.86. The van der Waals surface area contributed by atoms with Crippen LogP contribution >= 0.6 is 11.8 Å². The van der Waals surface area contributed by atoms with Crippen molar-refractivity contribution >= 4 is 28.6 Å². The number of benzene rings is 1. The molecule has 0 radical (unpaired) electrons. The van der Waals surface area contributed by atoms with Crippen molar-refractivity contribution in [1.29, 1.82) is 0 Å². The van der Waals surface area contributed by atoms with Crippen LogP contribution < -0.4 is 5.56 Å². The number of carbonyl (C=O) groups is 1. The smallest absolute Gasteiger partial charge is 0.261 e. The molecule has 0 bridgehead atoms. The molecular weight excluding hydrogens is 310 g/mol. The number of piperidine rings is 1. The first-order valence-corrected chi connectivity index (χ1v) is 8.94. The van der Waals surface area contributed by atoms with Gasteiger partial charge in [-0.15, -0.1) is 0 Å². The second-order valence-corrected chi connectivity index (χ2v) is 6.94. The minimum absolute atomic E-state index is 0.0723. The van der Waals surface area contributed by atoms with Crippen LogP contribution in [0.5, 0.6) is 0 Å². The van der Waals surface area contributed by atoms with Crippen molar-refractivity contribution in [2.24, 2.45) is 7.05 Å². The number of hydrogen-bond donors (Lipinski definition) is 0. The number of rotatable bonds is 3. The predicted molar refractivity (Wildman–Crippen MR) is 92.7 cm³/mol. The van der Waals surface area contributed by atoms with Gasteiger partial charge >= 0.3 is 0 Å². The van der Waals surface area contributed by atoms with Gasteiger partial charge in [0.15, 0.2) is 5.16 Å². The van der Waals surface area contributed by atoms with E-state index < -0.39 is 0 Å². The van der Waals surface area contributed by atoms with Gasteiger partial charge in [0, 0.05) is 19.6 Å². The zero-order chi connectivity index (χ0) is 16.4. The van der Waals surface area contributed by atoms with Crippen molar-refractivity contribution in [1.82, 2.24) is 14.5 Å². The van der Waals surface area contributed by atoms with Crippen LogP contribution in [0.4, 0.5) is 0 Å². The van der Waals surface area contributed by atoms with Crippen LogP contribution in [-0.2, 0) is 11.8 Å². The number of likely N-dealkylation sites (tertiary alicyclic amines) is 1. The molecule has 0 aliphatic carbocycles. The molecule has 0 N–H and O–H groups in total. The Labute approximate surface area is 139 Å². The molecule has 3 rings (SSSR count). The third-order valence-electron chi connectivity index (χ3n) is 4.39. The molecule has 1 amide bonds. The average molecular weight is 331 g/mol. The van der Waals surface area contributed by atoms with E-state index in [-0.39, 0.29) is 11.5 Å². The molecule has 0 unspecified atom stereocenters. The van der Waals surface area contributed by atoms with Crippen molar-refractivity contribution in [2.45, 2.75) is 37.4 Å². The minimum Gasteiger partial charge on any atom is -0.339 e. The van der Waals surface area contributed by atoms with Crippen molar-refractivity contribution < 1.29 is 4.79 Å². The lowest BCUT2D eigenvalue weighted by Crippen LogP contribution is -2.43. The van der Waals surface area contributed by atoms with Gasteiger partial charge in [0.1, 0.15) is 0 Å². The molecule has 1 aliphatic rings. The SMILES string of the molecule is C[C@@H]1CCCCN1C(=O)CSc1nc2ccccc2c(=O)n1C. The van der Waals surface area contributed by atoms with E-state index in [0.717, 1.165) is 19.4 Å². The Morgan fingerprint density at radius 3 is 2.91 bits per heavy atom. The van der Waals surface area contributed by atoms with Gasteiger partial charge in [0.2, 0.25) is 5.91 Å². The quantitative estimate of drug-likeness (QED) is 0.640. The first-order chi connectivity index (χ1) is 11.1. The van der Waals surface area contributed by atoms with Crippen LogP contribution in [0.15, 0.2) is 34.2 Å². The number of hydrogen-bond acceptors (Lipinski definition) is 4. The number of para-hydroxylation sites is 1. The average Bonchev–Trinajstić information content (AvgIpc) is 2.57. The summed E-state index contributed by atoms with van der Waals surface area (Å²) >= 11 is 1.34. The van der Waals surface area contributed by atoms with Crippen molar-refractivity contribution in [3.8, 4) is 0 Å². The second-order valence-electron chi connectivity index (χ2n) is 6.00. The number of aromatic nitrogens is 2. The van der Waals surface area contributed by atoms with E-state index in [1.54, 1.807) is 13.1 Å². The molecule has 1 atom stereocenters. The van der Waals surface area contributed by atoms with Gasteiger partial charge in [0.25, 0.3) is 5.56 Å². The third kappa shape index (κ3) is 3.27. The van der Waals surface area contributed by atoms with Gasteiger partial charge in [-0.3, -0.25) is 14.2 Å². The molecule has 5 nitrogen and oxygen atoms in total. The minimum atomic E-state index is -0.0723. The highest BCUT2D eigenvalue weighted by Gasteiger charge is 2.23. The normalized spacial score (nSPS) is 18.3. The molecule has 1 saturated heterocycles. The summed E-state index contributed by atoms with van der Waals surface area (Å²) in [6.45, 7) is 2.94. The molecule has 0 spiro atoms. The highest BCUT2D eigenvalue weighted by atomic mass is 32.2. The maximum atomic E-state index is 12.4. The van der Waals surface area contributed by atoms with Crippen LogP contribution in [-0.4, -0.2) is 38.7 Å². The number of carbonyl (C=O) groups excluding carboxylic acids is 1. The van der Waals surface area contributed by atoms with Crippen molar-refractivity contribution in [3.63, 3.8) is 0 Å². The van der Waals surface area contributed by atoms with Gasteiger partial charge in [-0.05, 0) is 38.3 Å². The Morgan fingerprint density at radius 2 is 2.13 bits per heavy atom. The zero-order valence-corrected chi connectivity index (χ0v) is 14.3. The summed E-state index contributed by atoms with van der Waals surface area (Å²) < 4.78 is 1.53. The molecule has 0 saturated carbocycles. The van der Waals surface area contributed by atoms with E-state index in [0.29, 0.717) is 27.9 Å². The van der Waals surface area contributed by atoms with E-state index in [9.17, 15) is 9.59 Å². The third-order valence-corrected chi connectivity index (χ3v) is 5.40. The van der Waals surface area contributed by atoms with Crippen molar-refractivity contribution in [2.75, 3.05) is 12.3 Å². The fraction of sp³-hybridized carbons (Fsp3) is 0.471. The van der Waals surface area contributed by atoms with Crippen LogP contribution in [0.25, 0.3) is 10.9 Å². The molecule has 1 aromatic carbocycles. The number of fused-ring (bicyclic) bond motifs is 1. The van der Waals surface area contributed by atoms with Gasteiger partial charge < -0.3 is 4.90 Å². The monoisotopic (exact) mass is 331 g/mol. The molecule has 6 heteroatoms. The summed E-state index contributed by atoms with van der Waals surface area (Å²) in [5.41, 5.74) is 0.605. The Bertz CT molecular complexity index is 787. The lowest BCUT2D eigenvalue weighted by atomic mass is 10.0. The molecule has 1 aliphatic heterocycles. The zero-order valence-electron chi connectivity index (χ0n) is 13.5. The number of amides is 1. The Balaban J connectivity index is 1.78. The Morgan fingerprint density at radius 1 is 1.35 bits per heavy atom. The molecule has 2 aromatic rings. The Hall–Kier alpha value is -1.82. The van der Waals surface area contributed by atoms with Gasteiger partial charge in [-0.1, -0.05) is 23.9 Å². The van der Waals surface area contributed by atoms with E-state index in [4.69, 9.17) is 0 Å². The van der Waals surface area contributed by atoms with E-state index >= 15 is 0 Å². The standard InChI is InChI=1S/C17H21N3O2S/c1-12-7-5-6-10-20(12)15(21)11-23-17-18-14-9-4-3-8-13(14)16(22)19(17)2/h3-4,8-9,12H,5-7,10-11H2,1-2H3/t12-/m1/s1. The molecule has 122 valence electrons. The molecule has 23 heavy (non-hydrogen) atoms. The summed E-state index contributed by atoms with van der Waals surface area (Å²) in [6, 6.07) is 7.61. The lowest BCUT2D eigenvalue weighted by molar-refractivity contribution is -0.131. The first-order valence-electron chi connectivity index (χ1n) is 7.96. The lowest BCUT2D eigenvalue weighted by Gasteiger charge is -2.33. The summed E-state index contributed by atoms with van der Waals surface area (Å²) in [5.74, 6) is 0.452.